The van der Waals surface area contributed by atoms with Crippen LogP contribution in [0.5, 0.6) is 5.75 Å². The molecule has 2 rings (SSSR count). The van der Waals surface area contributed by atoms with Gasteiger partial charge < -0.3 is 10.1 Å². The van der Waals surface area contributed by atoms with E-state index in [1.54, 1.807) is 29.0 Å². The third-order valence-corrected chi connectivity index (χ3v) is 2.82. The van der Waals surface area contributed by atoms with Crippen LogP contribution >= 0.6 is 11.3 Å². The first-order chi connectivity index (χ1) is 8.66. The van der Waals surface area contributed by atoms with Crippen LogP contribution in [0.4, 0.5) is 14.5 Å². The molecule has 0 fully saturated rings. The van der Waals surface area contributed by atoms with Crippen molar-refractivity contribution in [3.8, 4) is 5.75 Å². The second-order valence-electron chi connectivity index (χ2n) is 3.34. The number of benzene rings is 1. The number of thiophene rings is 1. The van der Waals surface area contributed by atoms with Crippen molar-refractivity contribution in [1.82, 2.24) is 0 Å². The number of halogens is 2. The second-order valence-corrected chi connectivity index (χ2v) is 4.12. The predicted octanol–water partition coefficient (Wildman–Crippen LogP) is 3.60. The van der Waals surface area contributed by atoms with Gasteiger partial charge in [-0.25, -0.2) is 0 Å². The molecule has 0 unspecified atom stereocenters. The summed E-state index contributed by atoms with van der Waals surface area (Å²) in [7, 11) is 0. The summed E-state index contributed by atoms with van der Waals surface area (Å²) in [6.45, 7) is -2.93. The van der Waals surface area contributed by atoms with E-state index in [2.05, 4.69) is 10.1 Å². The number of alkyl halides is 2. The van der Waals surface area contributed by atoms with Gasteiger partial charge in [-0.3, -0.25) is 4.79 Å². The highest BCUT2D eigenvalue weighted by molar-refractivity contribution is 7.08. The molecule has 18 heavy (non-hydrogen) atoms. The molecule has 6 heteroatoms. The summed E-state index contributed by atoms with van der Waals surface area (Å²) in [5.74, 6) is -0.419. The Balaban J connectivity index is 2.16. The SMILES string of the molecule is O=C(Nc1ccccc1OC(F)F)c1ccsc1. The first-order valence-electron chi connectivity index (χ1n) is 5.04. The Morgan fingerprint density at radius 3 is 2.72 bits per heavy atom. The Labute approximate surface area is 106 Å². The van der Waals surface area contributed by atoms with E-state index in [-0.39, 0.29) is 17.3 Å². The fraction of sp³-hybridized carbons (Fsp3) is 0.0833. The van der Waals surface area contributed by atoms with Gasteiger partial charge in [-0.15, -0.1) is 0 Å². The maximum absolute atomic E-state index is 12.2. The molecule has 0 saturated heterocycles. The number of carbonyl (C=O) groups is 1. The average Bonchev–Trinajstić information content (AvgIpc) is 2.84. The molecule has 0 spiro atoms. The van der Waals surface area contributed by atoms with E-state index in [0.717, 1.165) is 0 Å². The molecule has 1 heterocycles. The van der Waals surface area contributed by atoms with E-state index in [1.165, 1.54) is 23.5 Å². The van der Waals surface area contributed by atoms with Crippen molar-refractivity contribution in [2.45, 2.75) is 6.61 Å². The summed E-state index contributed by atoms with van der Waals surface area (Å²) >= 11 is 1.38. The van der Waals surface area contributed by atoms with Gasteiger partial charge in [0.1, 0.15) is 5.75 Å². The van der Waals surface area contributed by atoms with Gasteiger partial charge in [0.2, 0.25) is 0 Å². The van der Waals surface area contributed by atoms with E-state index in [1.807, 2.05) is 0 Å². The van der Waals surface area contributed by atoms with Gasteiger partial charge in [-0.1, -0.05) is 12.1 Å². The first kappa shape index (κ1) is 12.5. The molecular weight excluding hydrogens is 260 g/mol. The molecule has 2 aromatic rings. The Morgan fingerprint density at radius 1 is 1.28 bits per heavy atom. The summed E-state index contributed by atoms with van der Waals surface area (Å²) in [4.78, 5) is 11.8. The molecule has 1 aromatic carbocycles. The number of ether oxygens (including phenoxy) is 1. The zero-order valence-corrected chi connectivity index (χ0v) is 9.92. The number of anilines is 1. The monoisotopic (exact) mass is 269 g/mol. The standard InChI is InChI=1S/C12H9F2NO2S/c13-12(14)17-10-4-2-1-3-9(10)15-11(16)8-5-6-18-7-8/h1-7,12H,(H,15,16). The Kier molecular flexibility index (Phi) is 3.88. The van der Waals surface area contributed by atoms with Gasteiger partial charge in [0, 0.05) is 5.38 Å². The van der Waals surface area contributed by atoms with Gasteiger partial charge >= 0.3 is 6.61 Å². The number of rotatable bonds is 4. The fourth-order valence-corrected chi connectivity index (χ4v) is 1.99. The molecule has 94 valence electrons. The maximum Gasteiger partial charge on any atom is 0.387 e. The lowest BCUT2D eigenvalue weighted by molar-refractivity contribution is -0.0493. The Bertz CT molecular complexity index is 529. The number of hydrogen-bond acceptors (Lipinski definition) is 3. The van der Waals surface area contributed by atoms with E-state index >= 15 is 0 Å². The van der Waals surface area contributed by atoms with Crippen LogP contribution in [0.25, 0.3) is 0 Å². The van der Waals surface area contributed by atoms with Crippen molar-refractivity contribution >= 4 is 22.9 Å². The van der Waals surface area contributed by atoms with Gasteiger partial charge in [0.15, 0.2) is 0 Å². The lowest BCUT2D eigenvalue weighted by atomic mass is 10.2. The van der Waals surface area contributed by atoms with Crippen molar-refractivity contribution in [1.29, 1.82) is 0 Å². The van der Waals surface area contributed by atoms with Crippen LogP contribution in [0, 0.1) is 0 Å². The summed E-state index contributed by atoms with van der Waals surface area (Å²) < 4.78 is 28.7. The average molecular weight is 269 g/mol. The zero-order chi connectivity index (χ0) is 13.0. The van der Waals surface area contributed by atoms with E-state index < -0.39 is 6.61 Å². The molecular formula is C12H9F2NO2S. The van der Waals surface area contributed by atoms with Crippen LogP contribution in [0.3, 0.4) is 0 Å². The highest BCUT2D eigenvalue weighted by Crippen LogP contribution is 2.26. The Hall–Kier alpha value is -1.95. The largest absolute Gasteiger partial charge is 0.433 e. The van der Waals surface area contributed by atoms with Crippen molar-refractivity contribution < 1.29 is 18.3 Å². The maximum atomic E-state index is 12.2. The normalized spacial score (nSPS) is 10.4. The number of para-hydroxylation sites is 2. The van der Waals surface area contributed by atoms with Crippen LogP contribution in [0.15, 0.2) is 41.1 Å². The van der Waals surface area contributed by atoms with Crippen LogP contribution in [0.1, 0.15) is 10.4 Å². The van der Waals surface area contributed by atoms with E-state index in [0.29, 0.717) is 5.56 Å². The zero-order valence-electron chi connectivity index (χ0n) is 9.10. The predicted molar refractivity (Wildman–Crippen MR) is 65.3 cm³/mol. The summed E-state index contributed by atoms with van der Waals surface area (Å²) in [6.07, 6.45) is 0. The molecule has 0 atom stereocenters. The van der Waals surface area contributed by atoms with E-state index in [4.69, 9.17) is 0 Å². The van der Waals surface area contributed by atoms with Crippen LogP contribution in [-0.2, 0) is 0 Å². The van der Waals surface area contributed by atoms with Gasteiger partial charge in [0.05, 0.1) is 11.3 Å². The minimum Gasteiger partial charge on any atom is -0.433 e. The van der Waals surface area contributed by atoms with Crippen LogP contribution in [0.2, 0.25) is 0 Å². The van der Waals surface area contributed by atoms with Gasteiger partial charge in [-0.05, 0) is 23.6 Å². The molecule has 0 aliphatic rings. The topological polar surface area (TPSA) is 38.3 Å². The highest BCUT2D eigenvalue weighted by atomic mass is 32.1. The lowest BCUT2D eigenvalue weighted by Crippen LogP contribution is -2.13. The van der Waals surface area contributed by atoms with Gasteiger partial charge in [0.25, 0.3) is 5.91 Å². The molecule has 1 amide bonds. The lowest BCUT2D eigenvalue weighted by Gasteiger charge is -2.10. The number of amides is 1. The molecule has 1 aromatic heterocycles. The smallest absolute Gasteiger partial charge is 0.387 e. The number of hydrogen-bond donors (Lipinski definition) is 1. The fourth-order valence-electron chi connectivity index (χ4n) is 1.36. The molecule has 0 bridgehead atoms. The first-order valence-corrected chi connectivity index (χ1v) is 5.98. The van der Waals surface area contributed by atoms with Gasteiger partial charge in [-0.2, -0.15) is 20.1 Å². The molecule has 1 N–H and O–H groups in total. The summed E-state index contributed by atoms with van der Waals surface area (Å²) in [5, 5.41) is 5.96. The van der Waals surface area contributed by atoms with Crippen molar-refractivity contribution in [2.75, 3.05) is 5.32 Å². The minimum atomic E-state index is -2.93. The number of carbonyl (C=O) groups excluding carboxylic acids is 1. The van der Waals surface area contributed by atoms with Crippen LogP contribution in [-0.4, -0.2) is 12.5 Å². The quantitative estimate of drug-likeness (QED) is 0.921. The minimum absolute atomic E-state index is 0.0592. The summed E-state index contributed by atoms with van der Waals surface area (Å²) in [6, 6.07) is 7.70. The third kappa shape index (κ3) is 3.04. The molecule has 0 saturated carbocycles. The van der Waals surface area contributed by atoms with Crippen molar-refractivity contribution in [2.24, 2.45) is 0 Å². The molecule has 0 radical (unpaired) electrons. The summed E-state index contributed by atoms with van der Waals surface area (Å²) in [5.41, 5.74) is 0.695. The number of nitrogens with one attached hydrogen (secondary N) is 1. The second kappa shape index (κ2) is 5.59. The van der Waals surface area contributed by atoms with E-state index in [9.17, 15) is 13.6 Å². The Morgan fingerprint density at radius 2 is 2.06 bits per heavy atom. The highest BCUT2D eigenvalue weighted by Gasteiger charge is 2.12. The molecule has 0 aliphatic heterocycles. The molecule has 0 aliphatic carbocycles. The van der Waals surface area contributed by atoms with Crippen LogP contribution < -0.4 is 10.1 Å². The molecule has 3 nitrogen and oxygen atoms in total. The van der Waals surface area contributed by atoms with Crippen molar-refractivity contribution in [3.63, 3.8) is 0 Å². The third-order valence-electron chi connectivity index (χ3n) is 2.13. The van der Waals surface area contributed by atoms with Crippen molar-refractivity contribution in [3.05, 3.63) is 46.7 Å².